The van der Waals surface area contributed by atoms with Gasteiger partial charge in [0.05, 0.1) is 11.1 Å². The normalized spacial score (nSPS) is 12.7. The van der Waals surface area contributed by atoms with Crippen LogP contribution in [0.5, 0.6) is 0 Å². The highest BCUT2D eigenvalue weighted by atomic mass is 35.5. The zero-order valence-corrected chi connectivity index (χ0v) is 12.5. The average Bonchev–Trinajstić information content (AvgIpc) is 2.92. The maximum Gasteiger partial charge on any atom is 0.152 e. The summed E-state index contributed by atoms with van der Waals surface area (Å²) in [4.78, 5) is 0. The molecular formula is C17H17ClN2O. The molecule has 108 valence electrons. The van der Waals surface area contributed by atoms with Crippen molar-refractivity contribution < 1.29 is 4.42 Å². The first kappa shape index (κ1) is 14.1. The molecule has 0 amide bonds. The molecular weight excluding hydrogens is 284 g/mol. The van der Waals surface area contributed by atoms with Crippen molar-refractivity contribution in [1.82, 2.24) is 5.43 Å². The zero-order valence-electron chi connectivity index (χ0n) is 11.8. The van der Waals surface area contributed by atoms with Crippen LogP contribution in [0, 0.1) is 6.92 Å². The maximum atomic E-state index is 6.15. The van der Waals surface area contributed by atoms with Gasteiger partial charge in [-0.1, -0.05) is 53.6 Å². The number of hydrazine groups is 1. The van der Waals surface area contributed by atoms with Crippen molar-refractivity contribution in [3.63, 3.8) is 0 Å². The topological polar surface area (TPSA) is 51.2 Å². The van der Waals surface area contributed by atoms with E-state index >= 15 is 0 Å². The lowest BCUT2D eigenvalue weighted by Gasteiger charge is -2.13. The van der Waals surface area contributed by atoms with Gasteiger partial charge >= 0.3 is 0 Å². The largest absolute Gasteiger partial charge is 0.458 e. The highest BCUT2D eigenvalue weighted by Gasteiger charge is 2.16. The van der Waals surface area contributed by atoms with Gasteiger partial charge in [-0.3, -0.25) is 5.84 Å². The molecule has 21 heavy (non-hydrogen) atoms. The van der Waals surface area contributed by atoms with E-state index in [2.05, 4.69) is 36.6 Å². The fourth-order valence-electron chi connectivity index (χ4n) is 2.42. The van der Waals surface area contributed by atoms with Crippen LogP contribution in [0.25, 0.3) is 11.0 Å². The lowest BCUT2D eigenvalue weighted by atomic mass is 10.0. The summed E-state index contributed by atoms with van der Waals surface area (Å²) >= 11 is 6.15. The minimum atomic E-state index is -0.0869. The minimum Gasteiger partial charge on any atom is -0.458 e. The molecule has 0 saturated heterocycles. The molecule has 3 nitrogen and oxygen atoms in total. The third-order valence-corrected chi connectivity index (χ3v) is 3.92. The Morgan fingerprint density at radius 2 is 1.95 bits per heavy atom. The maximum absolute atomic E-state index is 6.15. The predicted molar refractivity (Wildman–Crippen MR) is 86.2 cm³/mol. The summed E-state index contributed by atoms with van der Waals surface area (Å²) in [5, 5.41) is 1.60. The van der Waals surface area contributed by atoms with Crippen molar-refractivity contribution in [2.75, 3.05) is 0 Å². The van der Waals surface area contributed by atoms with E-state index in [1.165, 1.54) is 11.1 Å². The van der Waals surface area contributed by atoms with Crippen LogP contribution < -0.4 is 11.3 Å². The van der Waals surface area contributed by atoms with E-state index in [-0.39, 0.29) is 6.04 Å². The number of aryl methyl sites for hydroxylation is 1. The van der Waals surface area contributed by atoms with Crippen LogP contribution in [0.1, 0.15) is 22.9 Å². The van der Waals surface area contributed by atoms with Crippen molar-refractivity contribution in [3.05, 3.63) is 70.4 Å². The molecule has 1 atom stereocenters. The fraction of sp³-hybridized carbons (Fsp3) is 0.176. The van der Waals surface area contributed by atoms with E-state index in [0.717, 1.165) is 17.6 Å². The number of fused-ring (bicyclic) bond motifs is 1. The first-order valence-corrected chi connectivity index (χ1v) is 7.25. The highest BCUT2D eigenvalue weighted by Crippen LogP contribution is 2.30. The van der Waals surface area contributed by atoms with Gasteiger partial charge in [0.1, 0.15) is 5.76 Å². The molecule has 3 N–H and O–H groups in total. The Morgan fingerprint density at radius 3 is 2.62 bits per heavy atom. The van der Waals surface area contributed by atoms with Gasteiger partial charge in [0.25, 0.3) is 0 Å². The molecule has 0 saturated carbocycles. The molecule has 2 aromatic carbocycles. The number of rotatable bonds is 4. The second kappa shape index (κ2) is 5.90. The Balaban J connectivity index is 1.90. The first-order valence-electron chi connectivity index (χ1n) is 6.87. The Labute approximate surface area is 128 Å². The van der Waals surface area contributed by atoms with Crippen LogP contribution in [0.4, 0.5) is 0 Å². The number of benzene rings is 2. The SMILES string of the molecule is Cc1ccc(CC(NN)c2cc3cccc(Cl)c3o2)cc1. The molecule has 0 radical (unpaired) electrons. The summed E-state index contributed by atoms with van der Waals surface area (Å²) < 4.78 is 5.87. The monoisotopic (exact) mass is 300 g/mol. The van der Waals surface area contributed by atoms with Gasteiger partial charge in [-0.15, -0.1) is 0 Å². The first-order chi connectivity index (χ1) is 10.2. The lowest BCUT2D eigenvalue weighted by molar-refractivity contribution is 0.434. The third kappa shape index (κ3) is 2.95. The van der Waals surface area contributed by atoms with Crippen LogP contribution in [0.2, 0.25) is 5.02 Å². The Morgan fingerprint density at radius 1 is 1.19 bits per heavy atom. The molecule has 0 bridgehead atoms. The number of hydrogen-bond acceptors (Lipinski definition) is 3. The quantitative estimate of drug-likeness (QED) is 0.562. The van der Waals surface area contributed by atoms with Gasteiger partial charge in [-0.2, -0.15) is 0 Å². The number of nitrogens with one attached hydrogen (secondary N) is 1. The van der Waals surface area contributed by atoms with Crippen LogP contribution in [-0.4, -0.2) is 0 Å². The predicted octanol–water partition coefficient (Wildman–Crippen LogP) is 4.14. The lowest BCUT2D eigenvalue weighted by Crippen LogP contribution is -2.29. The van der Waals surface area contributed by atoms with Crippen LogP contribution in [0.3, 0.4) is 0 Å². The van der Waals surface area contributed by atoms with E-state index in [1.807, 2.05) is 24.3 Å². The second-order valence-electron chi connectivity index (χ2n) is 5.22. The molecule has 0 aliphatic carbocycles. The van der Waals surface area contributed by atoms with Crippen molar-refractivity contribution >= 4 is 22.6 Å². The van der Waals surface area contributed by atoms with Crippen LogP contribution in [-0.2, 0) is 6.42 Å². The summed E-state index contributed by atoms with van der Waals surface area (Å²) in [5.41, 5.74) is 5.98. The number of halogens is 1. The van der Waals surface area contributed by atoms with Crippen LogP contribution in [0.15, 0.2) is 52.9 Å². The third-order valence-electron chi connectivity index (χ3n) is 3.62. The molecule has 1 heterocycles. The summed E-state index contributed by atoms with van der Waals surface area (Å²) in [5.74, 6) is 6.49. The Bertz CT molecular complexity index is 749. The zero-order chi connectivity index (χ0) is 14.8. The molecule has 1 unspecified atom stereocenters. The highest BCUT2D eigenvalue weighted by molar-refractivity contribution is 6.34. The van der Waals surface area contributed by atoms with E-state index in [0.29, 0.717) is 10.6 Å². The van der Waals surface area contributed by atoms with Gasteiger partial charge in [0.2, 0.25) is 0 Å². The van der Waals surface area contributed by atoms with E-state index in [1.54, 1.807) is 0 Å². The second-order valence-corrected chi connectivity index (χ2v) is 5.62. The van der Waals surface area contributed by atoms with Gasteiger partial charge in [-0.05, 0) is 31.0 Å². The number of hydrogen-bond donors (Lipinski definition) is 2. The van der Waals surface area contributed by atoms with Crippen molar-refractivity contribution in [3.8, 4) is 0 Å². The van der Waals surface area contributed by atoms with Gasteiger partial charge in [0, 0.05) is 5.39 Å². The summed E-state index contributed by atoms with van der Waals surface area (Å²) in [6, 6.07) is 16.0. The van der Waals surface area contributed by atoms with Crippen molar-refractivity contribution in [2.24, 2.45) is 5.84 Å². The van der Waals surface area contributed by atoms with Crippen molar-refractivity contribution in [2.45, 2.75) is 19.4 Å². The van der Waals surface area contributed by atoms with Gasteiger partial charge < -0.3 is 4.42 Å². The van der Waals surface area contributed by atoms with Gasteiger partial charge in [0.15, 0.2) is 5.58 Å². The number of nitrogens with two attached hydrogens (primary N) is 1. The van der Waals surface area contributed by atoms with E-state index in [9.17, 15) is 0 Å². The summed E-state index contributed by atoms with van der Waals surface area (Å²) in [6.45, 7) is 2.07. The molecule has 3 aromatic rings. The smallest absolute Gasteiger partial charge is 0.152 e. The molecule has 1 aromatic heterocycles. The molecule has 3 rings (SSSR count). The standard InChI is InChI=1S/C17H17ClN2O/c1-11-5-7-12(8-6-11)9-15(20-19)16-10-13-3-2-4-14(18)17(13)21-16/h2-8,10,15,20H,9,19H2,1H3. The van der Waals surface area contributed by atoms with Gasteiger partial charge in [-0.25, -0.2) is 5.43 Å². The summed E-state index contributed by atoms with van der Waals surface area (Å²) in [7, 11) is 0. The number of furan rings is 1. The Kier molecular flexibility index (Phi) is 3.97. The number of para-hydroxylation sites is 1. The molecule has 0 spiro atoms. The molecule has 0 aliphatic heterocycles. The molecule has 4 heteroatoms. The molecule has 0 fully saturated rings. The van der Waals surface area contributed by atoms with Crippen molar-refractivity contribution in [1.29, 1.82) is 0 Å². The van der Waals surface area contributed by atoms with E-state index < -0.39 is 0 Å². The van der Waals surface area contributed by atoms with Crippen LogP contribution >= 0.6 is 11.6 Å². The summed E-state index contributed by atoms with van der Waals surface area (Å²) in [6.07, 6.45) is 0.758. The fourth-order valence-corrected chi connectivity index (χ4v) is 2.64. The Hall–Kier alpha value is -1.81. The van der Waals surface area contributed by atoms with E-state index in [4.69, 9.17) is 21.9 Å². The minimum absolute atomic E-state index is 0.0869. The molecule has 0 aliphatic rings. The average molecular weight is 301 g/mol.